The zero-order valence-corrected chi connectivity index (χ0v) is 18.4. The van der Waals surface area contributed by atoms with Crippen molar-refractivity contribution in [3.63, 3.8) is 0 Å². The fourth-order valence-electron chi connectivity index (χ4n) is 2.38. The van der Waals surface area contributed by atoms with Gasteiger partial charge in [0.1, 0.15) is 0 Å². The third-order valence-corrected chi connectivity index (χ3v) is 4.28. The molecule has 0 rings (SSSR count). The molecule has 0 saturated carbocycles. The molecule has 1 unspecified atom stereocenters. The lowest BCUT2D eigenvalue weighted by Gasteiger charge is -2.52. The minimum absolute atomic E-state index is 0. The van der Waals surface area contributed by atoms with Gasteiger partial charge in [0.05, 0.1) is 0 Å². The number of aliphatic hydroxyl groups is 2. The first-order valence-corrected chi connectivity index (χ1v) is 7.63. The van der Waals surface area contributed by atoms with Gasteiger partial charge in [0.2, 0.25) is 0 Å². The Balaban J connectivity index is 0. The monoisotopic (exact) mass is 763 g/mol. The summed E-state index contributed by atoms with van der Waals surface area (Å²) in [5.41, 5.74) is 0. The average Bonchev–Trinajstić information content (AvgIpc) is 2.56. The van der Waals surface area contributed by atoms with Crippen LogP contribution in [0.2, 0.25) is 0 Å². The Hall–Kier alpha value is -1.07. The van der Waals surface area contributed by atoms with E-state index >= 15 is 0 Å². The molecule has 238 valence electrons. The van der Waals surface area contributed by atoms with Crippen LogP contribution in [-0.2, 0) is 0 Å². The fourth-order valence-corrected chi connectivity index (χ4v) is 2.38. The van der Waals surface area contributed by atoms with Crippen molar-refractivity contribution in [2.75, 3.05) is 0 Å². The standard InChI is InChI=1S/C11H2F24NO2.HI/c12-1(13,3(16,17)5(20,21)22)2(14,15)4(18,19)7(26,27)36(11(33,34)35,8(28,29)6(23,24)25)9(30,31)10(32,37)38;/h37-38H;1H/q+1;/p-1. The van der Waals surface area contributed by atoms with Gasteiger partial charge in [-0.1, -0.05) is 0 Å². The van der Waals surface area contributed by atoms with E-state index in [4.69, 9.17) is 10.2 Å². The van der Waals surface area contributed by atoms with Gasteiger partial charge in [0, 0.05) is 0 Å². The van der Waals surface area contributed by atoms with Gasteiger partial charge in [-0.25, -0.2) is 0 Å². The summed E-state index contributed by atoms with van der Waals surface area (Å²) in [6.45, 7) is 0. The van der Waals surface area contributed by atoms with Crippen LogP contribution in [0.4, 0.5) is 105 Å². The summed E-state index contributed by atoms with van der Waals surface area (Å²) in [4.78, 5) is 0. The highest BCUT2D eigenvalue weighted by atomic mass is 127. The molecule has 0 amide bonds. The van der Waals surface area contributed by atoms with Gasteiger partial charge in [0.25, 0.3) is 0 Å². The van der Waals surface area contributed by atoms with Crippen molar-refractivity contribution in [1.29, 1.82) is 0 Å². The second-order valence-corrected chi connectivity index (χ2v) is 6.64. The first-order chi connectivity index (χ1) is 15.8. The van der Waals surface area contributed by atoms with E-state index < -0.39 is 71.0 Å². The van der Waals surface area contributed by atoms with E-state index in [0.29, 0.717) is 0 Å². The summed E-state index contributed by atoms with van der Waals surface area (Å²) in [5.74, 6) is -37.8. The topological polar surface area (TPSA) is 40.5 Å². The summed E-state index contributed by atoms with van der Waals surface area (Å²) in [5, 5.41) is 15.7. The second kappa shape index (κ2) is 9.48. The third kappa shape index (κ3) is 4.70. The molecule has 3 nitrogen and oxygen atoms in total. The summed E-state index contributed by atoms with van der Waals surface area (Å²) in [7, 11) is 0. The number of hydrogen-bond donors (Lipinski definition) is 2. The molecule has 0 aromatic carbocycles. The van der Waals surface area contributed by atoms with Crippen molar-refractivity contribution in [2.45, 2.75) is 66.5 Å². The Kier molecular flexibility index (Phi) is 9.74. The maximum Gasteiger partial charge on any atom is 0.576 e. The molecule has 0 heterocycles. The van der Waals surface area contributed by atoms with Crippen LogP contribution in [0.3, 0.4) is 0 Å². The molecule has 0 fully saturated rings. The minimum Gasteiger partial charge on any atom is -1.00 e. The predicted molar refractivity (Wildman–Crippen MR) is 61.3 cm³/mol. The average molecular weight is 763 g/mol. The molecule has 28 heteroatoms. The Labute approximate surface area is 211 Å². The molecule has 1 atom stereocenters. The second-order valence-electron chi connectivity index (χ2n) is 6.64. The largest absolute Gasteiger partial charge is 1.00 e. The summed E-state index contributed by atoms with van der Waals surface area (Å²) in [6.07, 6.45) is -26.7. The normalized spacial score (nSPS) is 18.0. The molecule has 0 aliphatic rings. The van der Waals surface area contributed by atoms with Crippen LogP contribution < -0.4 is 24.0 Å². The van der Waals surface area contributed by atoms with Crippen LogP contribution >= 0.6 is 0 Å². The van der Waals surface area contributed by atoms with Crippen LogP contribution in [-0.4, -0.2) is 81.2 Å². The molecule has 0 saturated heterocycles. The molecule has 0 aromatic rings. The first-order valence-electron chi connectivity index (χ1n) is 7.63. The lowest BCUT2D eigenvalue weighted by molar-refractivity contribution is -1.22. The lowest BCUT2D eigenvalue weighted by Crippen LogP contribution is -3.00. The number of quaternary nitrogens is 1. The van der Waals surface area contributed by atoms with E-state index in [1.54, 1.807) is 0 Å². The molecule has 0 aliphatic heterocycles. The van der Waals surface area contributed by atoms with Crippen molar-refractivity contribution in [1.82, 2.24) is 0 Å². The minimum atomic E-state index is -10.3. The van der Waals surface area contributed by atoms with Gasteiger partial charge in [0.15, 0.2) is 0 Å². The molecule has 0 aromatic heterocycles. The number of nitrogens with zero attached hydrogens (tertiary/aromatic N) is 1. The number of rotatable bonds is 8. The smallest absolute Gasteiger partial charge is 0.576 e. The van der Waals surface area contributed by atoms with E-state index in [1.807, 2.05) is 0 Å². The van der Waals surface area contributed by atoms with E-state index in [-0.39, 0.29) is 24.0 Å². The number of halogens is 25. The van der Waals surface area contributed by atoms with Crippen molar-refractivity contribution < 1.29 is 144 Å². The number of alkyl halides is 24. The molecular weight excluding hydrogens is 761 g/mol. The summed E-state index contributed by atoms with van der Waals surface area (Å²) in [6, 6.07) is -37.4. The van der Waals surface area contributed by atoms with Gasteiger partial charge >= 0.3 is 66.5 Å². The zero-order chi connectivity index (χ0) is 32.0. The van der Waals surface area contributed by atoms with Gasteiger partial charge in [-0.3, -0.25) is 0 Å². The Morgan fingerprint density at radius 1 is 0.333 bits per heavy atom. The molecule has 39 heavy (non-hydrogen) atoms. The quantitative estimate of drug-likeness (QED) is 0.131. The summed E-state index contributed by atoms with van der Waals surface area (Å²) < 4.78 is 306. The number of hydrogen-bond acceptors (Lipinski definition) is 2. The summed E-state index contributed by atoms with van der Waals surface area (Å²) >= 11 is 0. The maximum atomic E-state index is 14.1. The molecular formula is C11H2F24INO2. The SMILES string of the molecule is OC(O)(F)C(F)(F)[N+](C(F)(F)F)(C(F)(F)C(F)(F)F)C(F)(F)C(F)(F)C(F)(F)C(F)(F)C(F)(F)C(F)(F)F.[I-]. The Morgan fingerprint density at radius 3 is 0.821 bits per heavy atom. The van der Waals surface area contributed by atoms with Gasteiger partial charge < -0.3 is 34.2 Å². The van der Waals surface area contributed by atoms with Crippen molar-refractivity contribution in [3.8, 4) is 0 Å². The molecule has 0 spiro atoms. The molecule has 2 N–H and O–H groups in total. The zero-order valence-electron chi connectivity index (χ0n) is 16.3. The van der Waals surface area contributed by atoms with Crippen LogP contribution in [0, 0.1) is 0 Å². The van der Waals surface area contributed by atoms with E-state index in [9.17, 15) is 105 Å². The first kappa shape index (κ1) is 40.1. The Morgan fingerprint density at radius 2 is 0.615 bits per heavy atom. The maximum absolute atomic E-state index is 14.1. The molecule has 0 aliphatic carbocycles. The van der Waals surface area contributed by atoms with Crippen molar-refractivity contribution >= 4 is 0 Å². The highest BCUT2D eigenvalue weighted by Crippen LogP contribution is 2.69. The van der Waals surface area contributed by atoms with Crippen molar-refractivity contribution in [3.05, 3.63) is 0 Å². The van der Waals surface area contributed by atoms with E-state index in [0.717, 1.165) is 0 Å². The highest BCUT2D eigenvalue weighted by molar-refractivity contribution is 5.09. The van der Waals surface area contributed by atoms with Crippen LogP contribution in [0.5, 0.6) is 0 Å². The molecule has 0 radical (unpaired) electrons. The van der Waals surface area contributed by atoms with Gasteiger partial charge in [-0.15, -0.1) is 39.5 Å². The highest BCUT2D eigenvalue weighted by Gasteiger charge is 3.07. The fraction of sp³-hybridized carbons (Fsp3) is 1.00. The van der Waals surface area contributed by atoms with Gasteiger partial charge in [-0.05, 0) is 4.48 Å². The van der Waals surface area contributed by atoms with E-state index in [1.165, 1.54) is 0 Å². The van der Waals surface area contributed by atoms with Crippen LogP contribution in [0.15, 0.2) is 0 Å². The van der Waals surface area contributed by atoms with Crippen molar-refractivity contribution in [2.24, 2.45) is 0 Å². The predicted octanol–water partition coefficient (Wildman–Crippen LogP) is 3.38. The lowest BCUT2D eigenvalue weighted by atomic mass is 9.94. The molecule has 0 bridgehead atoms. The van der Waals surface area contributed by atoms with Crippen LogP contribution in [0.25, 0.3) is 0 Å². The van der Waals surface area contributed by atoms with Gasteiger partial charge in [-0.2, -0.15) is 65.9 Å². The van der Waals surface area contributed by atoms with E-state index in [2.05, 4.69) is 0 Å². The third-order valence-electron chi connectivity index (χ3n) is 4.28. The Bertz CT molecular complexity index is 850. The van der Waals surface area contributed by atoms with Crippen LogP contribution in [0.1, 0.15) is 0 Å².